The molecular weight excluding hydrogens is 330 g/mol. The molecule has 0 amide bonds. The van der Waals surface area contributed by atoms with E-state index in [0.29, 0.717) is 5.75 Å². The van der Waals surface area contributed by atoms with E-state index in [2.05, 4.69) is 41.2 Å². The molecule has 21 heavy (non-hydrogen) atoms. The molecule has 112 valence electrons. The van der Waals surface area contributed by atoms with E-state index in [4.69, 9.17) is 9.47 Å². The molecule has 2 aromatic rings. The quantitative estimate of drug-likeness (QED) is 0.802. The molecule has 2 rings (SSSR count). The van der Waals surface area contributed by atoms with E-state index in [0.717, 1.165) is 28.1 Å². The van der Waals surface area contributed by atoms with Crippen LogP contribution < -0.4 is 14.8 Å². The lowest BCUT2D eigenvalue weighted by molar-refractivity contribution is 0.376. The van der Waals surface area contributed by atoms with Gasteiger partial charge in [-0.2, -0.15) is 0 Å². The number of para-hydroxylation sites is 2. The summed E-state index contributed by atoms with van der Waals surface area (Å²) in [7, 11) is 1.64. The first kappa shape index (κ1) is 15.9. The SMILES string of the molecule is CCNC(C)c1cc(Br)ccc1Oc1ccccc1OC. The van der Waals surface area contributed by atoms with Crippen LogP contribution in [-0.2, 0) is 0 Å². The van der Waals surface area contributed by atoms with Gasteiger partial charge in [0, 0.05) is 16.1 Å². The zero-order valence-electron chi connectivity index (χ0n) is 12.5. The maximum Gasteiger partial charge on any atom is 0.169 e. The second kappa shape index (κ2) is 7.48. The Kier molecular flexibility index (Phi) is 5.65. The molecule has 0 spiro atoms. The third-order valence-corrected chi connectivity index (χ3v) is 3.73. The lowest BCUT2D eigenvalue weighted by atomic mass is 10.1. The molecule has 0 saturated carbocycles. The van der Waals surface area contributed by atoms with Gasteiger partial charge in [-0.25, -0.2) is 0 Å². The molecule has 0 aliphatic heterocycles. The third-order valence-electron chi connectivity index (χ3n) is 3.24. The molecule has 0 aliphatic rings. The number of rotatable bonds is 6. The van der Waals surface area contributed by atoms with Crippen molar-refractivity contribution in [1.29, 1.82) is 0 Å². The Morgan fingerprint density at radius 2 is 1.81 bits per heavy atom. The van der Waals surface area contributed by atoms with Gasteiger partial charge in [0.1, 0.15) is 5.75 Å². The van der Waals surface area contributed by atoms with Crippen LogP contribution in [0.25, 0.3) is 0 Å². The van der Waals surface area contributed by atoms with Crippen LogP contribution in [0.2, 0.25) is 0 Å². The maximum atomic E-state index is 6.07. The van der Waals surface area contributed by atoms with Gasteiger partial charge in [0.25, 0.3) is 0 Å². The molecular formula is C17H20BrNO2. The summed E-state index contributed by atoms with van der Waals surface area (Å²) in [5, 5.41) is 3.41. The van der Waals surface area contributed by atoms with Gasteiger partial charge >= 0.3 is 0 Å². The van der Waals surface area contributed by atoms with Gasteiger partial charge < -0.3 is 14.8 Å². The average molecular weight is 350 g/mol. The highest BCUT2D eigenvalue weighted by Gasteiger charge is 2.14. The number of ether oxygens (including phenoxy) is 2. The molecule has 0 saturated heterocycles. The van der Waals surface area contributed by atoms with E-state index in [1.807, 2.05) is 36.4 Å². The third kappa shape index (κ3) is 3.99. The van der Waals surface area contributed by atoms with E-state index in [1.165, 1.54) is 0 Å². The fourth-order valence-corrected chi connectivity index (χ4v) is 2.57. The van der Waals surface area contributed by atoms with Crippen LogP contribution in [0.3, 0.4) is 0 Å². The smallest absolute Gasteiger partial charge is 0.169 e. The van der Waals surface area contributed by atoms with E-state index < -0.39 is 0 Å². The number of methoxy groups -OCH3 is 1. The molecule has 2 aromatic carbocycles. The predicted octanol–water partition coefficient (Wildman–Crippen LogP) is 4.92. The van der Waals surface area contributed by atoms with Crippen molar-refractivity contribution in [3.8, 4) is 17.2 Å². The topological polar surface area (TPSA) is 30.5 Å². The second-order valence-corrected chi connectivity index (χ2v) is 5.63. The zero-order chi connectivity index (χ0) is 15.2. The number of hydrogen-bond acceptors (Lipinski definition) is 3. The molecule has 3 nitrogen and oxygen atoms in total. The van der Waals surface area contributed by atoms with Gasteiger partial charge in [0.15, 0.2) is 11.5 Å². The first-order valence-electron chi connectivity index (χ1n) is 6.99. The van der Waals surface area contributed by atoms with Crippen LogP contribution in [0.5, 0.6) is 17.2 Å². The fraction of sp³-hybridized carbons (Fsp3) is 0.294. The number of nitrogens with one attached hydrogen (secondary N) is 1. The summed E-state index contributed by atoms with van der Waals surface area (Å²) in [4.78, 5) is 0. The minimum atomic E-state index is 0.206. The molecule has 0 aliphatic carbocycles. The van der Waals surface area contributed by atoms with Gasteiger partial charge in [-0.05, 0) is 43.8 Å². The monoisotopic (exact) mass is 349 g/mol. The molecule has 4 heteroatoms. The molecule has 1 unspecified atom stereocenters. The number of benzene rings is 2. The average Bonchev–Trinajstić information content (AvgIpc) is 2.49. The minimum Gasteiger partial charge on any atom is -0.493 e. The standard InChI is InChI=1S/C17H20BrNO2/c1-4-19-12(2)14-11-13(18)9-10-15(14)21-17-8-6-5-7-16(17)20-3/h5-12,19H,4H2,1-3H3. The Balaban J connectivity index is 2.35. The van der Waals surface area contributed by atoms with Crippen molar-refractivity contribution < 1.29 is 9.47 Å². The summed E-state index contributed by atoms with van der Waals surface area (Å²) < 4.78 is 12.4. The molecule has 0 bridgehead atoms. The molecule has 0 aromatic heterocycles. The summed E-state index contributed by atoms with van der Waals surface area (Å²) in [5.41, 5.74) is 1.11. The Labute approximate surface area is 134 Å². The van der Waals surface area contributed by atoms with Crippen LogP contribution in [0, 0.1) is 0 Å². The molecule has 0 heterocycles. The van der Waals surface area contributed by atoms with E-state index in [-0.39, 0.29) is 6.04 Å². The van der Waals surface area contributed by atoms with E-state index >= 15 is 0 Å². The molecule has 0 fully saturated rings. The van der Waals surface area contributed by atoms with Crippen molar-refractivity contribution in [3.05, 3.63) is 52.5 Å². The first-order valence-corrected chi connectivity index (χ1v) is 7.78. The van der Waals surface area contributed by atoms with Gasteiger partial charge in [-0.1, -0.05) is 35.0 Å². The van der Waals surface area contributed by atoms with E-state index in [9.17, 15) is 0 Å². The molecule has 1 N–H and O–H groups in total. The highest BCUT2D eigenvalue weighted by atomic mass is 79.9. The normalized spacial score (nSPS) is 12.0. The van der Waals surface area contributed by atoms with Crippen molar-refractivity contribution in [2.24, 2.45) is 0 Å². The second-order valence-electron chi connectivity index (χ2n) is 4.71. The maximum absolute atomic E-state index is 6.07. The zero-order valence-corrected chi connectivity index (χ0v) is 14.1. The van der Waals surface area contributed by atoms with Crippen LogP contribution in [0.15, 0.2) is 46.9 Å². The van der Waals surface area contributed by atoms with Crippen molar-refractivity contribution in [2.75, 3.05) is 13.7 Å². The van der Waals surface area contributed by atoms with Gasteiger partial charge in [-0.15, -0.1) is 0 Å². The Hall–Kier alpha value is -1.52. The van der Waals surface area contributed by atoms with E-state index in [1.54, 1.807) is 7.11 Å². The Morgan fingerprint density at radius 3 is 2.48 bits per heavy atom. The molecule has 1 atom stereocenters. The summed E-state index contributed by atoms with van der Waals surface area (Å²) >= 11 is 3.52. The van der Waals surface area contributed by atoms with Gasteiger partial charge in [0.2, 0.25) is 0 Å². The Bertz CT molecular complexity index is 601. The largest absolute Gasteiger partial charge is 0.493 e. The number of hydrogen-bond donors (Lipinski definition) is 1. The first-order chi connectivity index (χ1) is 10.2. The number of halogens is 1. The van der Waals surface area contributed by atoms with Crippen molar-refractivity contribution in [1.82, 2.24) is 5.32 Å². The summed E-state index contributed by atoms with van der Waals surface area (Å²) in [6.45, 7) is 5.12. The summed E-state index contributed by atoms with van der Waals surface area (Å²) in [6.07, 6.45) is 0. The Morgan fingerprint density at radius 1 is 1.10 bits per heavy atom. The van der Waals surface area contributed by atoms with Crippen LogP contribution >= 0.6 is 15.9 Å². The van der Waals surface area contributed by atoms with Crippen LogP contribution in [0.1, 0.15) is 25.5 Å². The molecule has 0 radical (unpaired) electrons. The van der Waals surface area contributed by atoms with Gasteiger partial charge in [0.05, 0.1) is 7.11 Å². The van der Waals surface area contributed by atoms with Crippen molar-refractivity contribution in [2.45, 2.75) is 19.9 Å². The highest BCUT2D eigenvalue weighted by molar-refractivity contribution is 9.10. The fourth-order valence-electron chi connectivity index (χ4n) is 2.19. The van der Waals surface area contributed by atoms with Crippen molar-refractivity contribution >= 4 is 15.9 Å². The van der Waals surface area contributed by atoms with Crippen LogP contribution in [0.4, 0.5) is 0 Å². The lowest BCUT2D eigenvalue weighted by Gasteiger charge is -2.18. The van der Waals surface area contributed by atoms with Crippen LogP contribution in [-0.4, -0.2) is 13.7 Å². The summed E-state index contributed by atoms with van der Waals surface area (Å²) in [5.74, 6) is 2.27. The predicted molar refractivity (Wildman–Crippen MR) is 89.3 cm³/mol. The van der Waals surface area contributed by atoms with Gasteiger partial charge in [-0.3, -0.25) is 0 Å². The summed E-state index contributed by atoms with van der Waals surface area (Å²) in [6, 6.07) is 13.9. The lowest BCUT2D eigenvalue weighted by Crippen LogP contribution is -2.18. The van der Waals surface area contributed by atoms with Crippen molar-refractivity contribution in [3.63, 3.8) is 0 Å². The highest BCUT2D eigenvalue weighted by Crippen LogP contribution is 2.36. The minimum absolute atomic E-state index is 0.206.